The maximum atomic E-state index is 12.4. The van der Waals surface area contributed by atoms with E-state index >= 15 is 0 Å². The number of hydrogen-bond acceptors (Lipinski definition) is 6. The number of amides is 3. The number of carbonyl (C=O) groups is 3. The van der Waals surface area contributed by atoms with Gasteiger partial charge in [0.1, 0.15) is 0 Å². The summed E-state index contributed by atoms with van der Waals surface area (Å²) in [4.78, 5) is 36.4. The van der Waals surface area contributed by atoms with Crippen molar-refractivity contribution in [1.29, 1.82) is 0 Å². The number of nitrogens with one attached hydrogen (secondary N) is 3. The normalized spacial score (nSPS) is 10.6. The molecule has 0 saturated carbocycles. The highest BCUT2D eigenvalue weighted by Gasteiger charge is 2.13. The Morgan fingerprint density at radius 1 is 0.816 bits per heavy atom. The first kappa shape index (κ1) is 27.9. The van der Waals surface area contributed by atoms with Crippen molar-refractivity contribution in [2.75, 3.05) is 18.5 Å². The summed E-state index contributed by atoms with van der Waals surface area (Å²) in [5.74, 6) is -1.17. The Hall–Kier alpha value is -4.66. The molecule has 0 aliphatic rings. The molecule has 0 unspecified atom stereocenters. The monoisotopic (exact) mass is 516 g/mol. The Bertz CT molecular complexity index is 1300. The van der Waals surface area contributed by atoms with Gasteiger partial charge in [0.2, 0.25) is 0 Å². The van der Waals surface area contributed by atoms with Crippen LogP contribution >= 0.6 is 0 Å². The van der Waals surface area contributed by atoms with E-state index in [1.165, 1.54) is 6.21 Å². The molecule has 0 aliphatic carbocycles. The molecule has 198 valence electrons. The molecule has 38 heavy (non-hydrogen) atoms. The van der Waals surface area contributed by atoms with E-state index in [0.717, 1.165) is 22.3 Å². The second-order valence-corrected chi connectivity index (χ2v) is 8.72. The van der Waals surface area contributed by atoms with Crippen molar-refractivity contribution in [2.24, 2.45) is 5.10 Å². The van der Waals surface area contributed by atoms with Crippen molar-refractivity contribution in [2.45, 2.75) is 34.2 Å². The first-order chi connectivity index (χ1) is 18.2. The van der Waals surface area contributed by atoms with Crippen LogP contribution in [0.25, 0.3) is 0 Å². The summed E-state index contributed by atoms with van der Waals surface area (Å²) >= 11 is 0. The zero-order chi connectivity index (χ0) is 27.5. The van der Waals surface area contributed by atoms with Crippen LogP contribution in [0.4, 0.5) is 5.69 Å². The molecule has 0 spiro atoms. The maximum Gasteiger partial charge on any atom is 0.329 e. The molecule has 3 aromatic rings. The SMILES string of the molecule is CCOc1cc(/C=N\NC(=O)C(=O)NCc2ccc(C)cc2)ccc1OCC(=O)Nc1cc(C)cc(C)c1. The van der Waals surface area contributed by atoms with Crippen LogP contribution in [0.3, 0.4) is 0 Å². The summed E-state index contributed by atoms with van der Waals surface area (Å²) in [6, 6.07) is 18.4. The average molecular weight is 517 g/mol. The highest BCUT2D eigenvalue weighted by atomic mass is 16.5. The number of aryl methyl sites for hydroxylation is 3. The van der Waals surface area contributed by atoms with Crippen LogP contribution in [-0.4, -0.2) is 37.1 Å². The van der Waals surface area contributed by atoms with Gasteiger partial charge >= 0.3 is 11.8 Å². The lowest BCUT2D eigenvalue weighted by atomic mass is 10.1. The molecular weight excluding hydrogens is 484 g/mol. The largest absolute Gasteiger partial charge is 0.490 e. The van der Waals surface area contributed by atoms with Crippen molar-refractivity contribution >= 4 is 29.6 Å². The van der Waals surface area contributed by atoms with Crippen LogP contribution in [-0.2, 0) is 20.9 Å². The Morgan fingerprint density at radius 3 is 2.21 bits per heavy atom. The van der Waals surface area contributed by atoms with Crippen LogP contribution in [0.1, 0.15) is 34.7 Å². The van der Waals surface area contributed by atoms with Crippen molar-refractivity contribution in [3.05, 3.63) is 88.5 Å². The fourth-order valence-corrected chi connectivity index (χ4v) is 3.56. The van der Waals surface area contributed by atoms with E-state index in [2.05, 4.69) is 21.2 Å². The highest BCUT2D eigenvalue weighted by Crippen LogP contribution is 2.28. The van der Waals surface area contributed by atoms with Crippen molar-refractivity contribution in [3.63, 3.8) is 0 Å². The van der Waals surface area contributed by atoms with Gasteiger partial charge in [-0.15, -0.1) is 0 Å². The quantitative estimate of drug-likeness (QED) is 0.215. The summed E-state index contributed by atoms with van der Waals surface area (Å²) < 4.78 is 11.3. The zero-order valence-electron chi connectivity index (χ0n) is 22.0. The number of ether oxygens (including phenoxy) is 2. The molecule has 9 nitrogen and oxygen atoms in total. The third kappa shape index (κ3) is 8.77. The van der Waals surface area contributed by atoms with E-state index < -0.39 is 11.8 Å². The molecule has 0 saturated heterocycles. The number of benzene rings is 3. The minimum absolute atomic E-state index is 0.200. The number of anilines is 1. The second-order valence-electron chi connectivity index (χ2n) is 8.72. The van der Waals surface area contributed by atoms with E-state index in [9.17, 15) is 14.4 Å². The number of carbonyl (C=O) groups excluding carboxylic acids is 3. The molecule has 9 heteroatoms. The van der Waals surface area contributed by atoms with Crippen LogP contribution in [0.5, 0.6) is 11.5 Å². The van der Waals surface area contributed by atoms with E-state index in [1.54, 1.807) is 18.2 Å². The van der Waals surface area contributed by atoms with Gasteiger partial charge in [-0.05, 0) is 80.3 Å². The minimum atomic E-state index is -0.881. The number of hydrogen-bond donors (Lipinski definition) is 3. The topological polar surface area (TPSA) is 118 Å². The fraction of sp³-hybridized carbons (Fsp3) is 0.241. The summed E-state index contributed by atoms with van der Waals surface area (Å²) in [6.45, 7) is 8.14. The zero-order valence-corrected chi connectivity index (χ0v) is 22.0. The average Bonchev–Trinajstić information content (AvgIpc) is 2.87. The Kier molecular flexibility index (Phi) is 9.99. The molecule has 0 fully saturated rings. The lowest BCUT2D eigenvalue weighted by Crippen LogP contribution is -2.37. The summed E-state index contributed by atoms with van der Waals surface area (Å²) in [7, 11) is 0. The molecule has 0 radical (unpaired) electrons. The molecule has 3 N–H and O–H groups in total. The van der Waals surface area contributed by atoms with Gasteiger partial charge in [0, 0.05) is 12.2 Å². The van der Waals surface area contributed by atoms with Gasteiger partial charge in [-0.2, -0.15) is 5.10 Å². The number of hydrazone groups is 1. The molecule has 3 amide bonds. The smallest absolute Gasteiger partial charge is 0.329 e. The van der Waals surface area contributed by atoms with E-state index in [4.69, 9.17) is 9.47 Å². The lowest BCUT2D eigenvalue weighted by Gasteiger charge is -2.13. The van der Waals surface area contributed by atoms with Crippen LogP contribution in [0, 0.1) is 20.8 Å². The van der Waals surface area contributed by atoms with Crippen molar-refractivity contribution < 1.29 is 23.9 Å². The number of nitrogens with zero attached hydrogens (tertiary/aromatic N) is 1. The summed E-state index contributed by atoms with van der Waals surface area (Å²) in [5, 5.41) is 9.23. The minimum Gasteiger partial charge on any atom is -0.490 e. The van der Waals surface area contributed by atoms with Crippen LogP contribution in [0.15, 0.2) is 65.8 Å². The third-order valence-corrected chi connectivity index (χ3v) is 5.29. The molecule has 0 aliphatic heterocycles. The Labute approximate surface area is 222 Å². The van der Waals surface area contributed by atoms with E-state index in [-0.39, 0.29) is 19.1 Å². The standard InChI is InChI=1S/C29H32N4O5/c1-5-37-26-15-23(17-31-33-29(36)28(35)30-16-22-8-6-19(2)7-9-22)10-11-25(26)38-18-27(34)32-24-13-20(3)12-21(4)14-24/h6-15,17H,5,16,18H2,1-4H3,(H,30,35)(H,32,34)(H,33,36)/b31-17-. The molecular formula is C29H32N4O5. The third-order valence-electron chi connectivity index (χ3n) is 5.29. The molecule has 0 atom stereocenters. The van der Waals surface area contributed by atoms with Gasteiger partial charge in [-0.3, -0.25) is 14.4 Å². The predicted molar refractivity (Wildman–Crippen MR) is 146 cm³/mol. The van der Waals surface area contributed by atoms with Gasteiger partial charge in [0.25, 0.3) is 5.91 Å². The maximum absolute atomic E-state index is 12.4. The van der Waals surface area contributed by atoms with E-state index in [0.29, 0.717) is 29.4 Å². The number of rotatable bonds is 10. The molecule has 0 aromatic heterocycles. The van der Waals surface area contributed by atoms with Gasteiger partial charge in [-0.1, -0.05) is 35.9 Å². The summed E-state index contributed by atoms with van der Waals surface area (Å²) in [6.07, 6.45) is 1.38. The first-order valence-electron chi connectivity index (χ1n) is 12.2. The predicted octanol–water partition coefficient (Wildman–Crippen LogP) is 3.79. The van der Waals surface area contributed by atoms with Crippen molar-refractivity contribution in [1.82, 2.24) is 10.7 Å². The molecule has 0 heterocycles. The highest BCUT2D eigenvalue weighted by molar-refractivity contribution is 6.35. The van der Waals surface area contributed by atoms with Gasteiger partial charge < -0.3 is 20.1 Å². The Balaban J connectivity index is 1.52. The molecule has 3 rings (SSSR count). The summed E-state index contributed by atoms with van der Waals surface area (Å²) in [5.41, 5.74) is 7.61. The van der Waals surface area contributed by atoms with Gasteiger partial charge in [0.05, 0.1) is 12.8 Å². The van der Waals surface area contributed by atoms with Crippen LogP contribution in [0.2, 0.25) is 0 Å². The van der Waals surface area contributed by atoms with Crippen LogP contribution < -0.4 is 25.5 Å². The molecule has 0 bridgehead atoms. The van der Waals surface area contributed by atoms with E-state index in [1.807, 2.05) is 70.2 Å². The molecule has 3 aromatic carbocycles. The lowest BCUT2D eigenvalue weighted by molar-refractivity contribution is -0.139. The van der Waals surface area contributed by atoms with Crippen molar-refractivity contribution in [3.8, 4) is 11.5 Å². The van der Waals surface area contributed by atoms with Gasteiger partial charge in [0.15, 0.2) is 18.1 Å². The fourth-order valence-electron chi connectivity index (χ4n) is 3.56. The second kappa shape index (κ2) is 13.6. The first-order valence-corrected chi connectivity index (χ1v) is 12.2. The Morgan fingerprint density at radius 2 is 1.53 bits per heavy atom. The van der Waals surface area contributed by atoms with Gasteiger partial charge in [-0.25, -0.2) is 5.43 Å².